The lowest BCUT2D eigenvalue weighted by molar-refractivity contribution is -0.321. The highest BCUT2D eigenvalue weighted by Crippen LogP contribution is 2.51. The molecule has 9 nitrogen and oxygen atoms in total. The minimum atomic E-state index is -2.52. The van der Waals surface area contributed by atoms with Crippen LogP contribution in [0.2, 0.25) is 0 Å². The second-order valence-corrected chi connectivity index (χ2v) is 7.11. The predicted molar refractivity (Wildman–Crippen MR) is 90.1 cm³/mol. The van der Waals surface area contributed by atoms with E-state index in [2.05, 4.69) is 0 Å². The van der Waals surface area contributed by atoms with Gasteiger partial charge in [0.2, 0.25) is 0 Å². The molecule has 1 saturated carbocycles. The van der Waals surface area contributed by atoms with Crippen LogP contribution in [0.3, 0.4) is 0 Å². The minimum Gasteiger partial charge on any atom is -0.465 e. The van der Waals surface area contributed by atoms with Gasteiger partial charge in [0.05, 0.1) is 19.8 Å². The van der Waals surface area contributed by atoms with Crippen molar-refractivity contribution >= 4 is 17.8 Å². The van der Waals surface area contributed by atoms with Gasteiger partial charge in [0.1, 0.15) is 0 Å². The van der Waals surface area contributed by atoms with Crippen molar-refractivity contribution in [2.45, 2.75) is 63.8 Å². The molecule has 1 amide bonds. The monoisotopic (exact) mass is 385 g/mol. The van der Waals surface area contributed by atoms with Gasteiger partial charge in [0.15, 0.2) is 18.2 Å². The molecule has 2 aliphatic heterocycles. The van der Waals surface area contributed by atoms with Gasteiger partial charge in [-0.15, -0.1) is 0 Å². The van der Waals surface area contributed by atoms with E-state index >= 15 is 0 Å². The van der Waals surface area contributed by atoms with E-state index in [4.69, 9.17) is 18.9 Å². The average Bonchev–Trinajstić information content (AvgIpc) is 2.88. The number of amides is 1. The van der Waals surface area contributed by atoms with Gasteiger partial charge < -0.3 is 29.0 Å². The van der Waals surface area contributed by atoms with E-state index in [1.54, 1.807) is 13.8 Å². The van der Waals surface area contributed by atoms with E-state index in [9.17, 15) is 19.5 Å². The van der Waals surface area contributed by atoms with Crippen LogP contribution >= 0.6 is 0 Å². The highest BCUT2D eigenvalue weighted by atomic mass is 16.7. The standard InChI is InChI=1S/C18H27NO8/c1-3-25-14(20)13-17(16(22)26-4-2)10-24-11-27-18(17,23)15(21)19(13)12-8-6-5-7-9-12/h12-13,23H,3-11H2,1-2H3/t13-,17-,18-/m0/s1. The van der Waals surface area contributed by atoms with Gasteiger partial charge in [-0.1, -0.05) is 19.3 Å². The fraction of sp³-hybridized carbons (Fsp3) is 0.833. The second-order valence-electron chi connectivity index (χ2n) is 7.11. The van der Waals surface area contributed by atoms with Gasteiger partial charge in [-0.2, -0.15) is 0 Å². The van der Waals surface area contributed by atoms with Crippen LogP contribution in [-0.4, -0.2) is 72.3 Å². The van der Waals surface area contributed by atoms with E-state index in [-0.39, 0.29) is 32.7 Å². The summed E-state index contributed by atoms with van der Waals surface area (Å²) in [6.45, 7) is 2.59. The second kappa shape index (κ2) is 7.73. The lowest BCUT2D eigenvalue weighted by Crippen LogP contribution is -2.65. The van der Waals surface area contributed by atoms with Crippen LogP contribution in [0, 0.1) is 5.41 Å². The van der Waals surface area contributed by atoms with Crippen molar-refractivity contribution in [2.75, 3.05) is 26.6 Å². The van der Waals surface area contributed by atoms with E-state index in [1.165, 1.54) is 4.90 Å². The van der Waals surface area contributed by atoms with E-state index in [1.807, 2.05) is 0 Å². The zero-order valence-electron chi connectivity index (χ0n) is 15.8. The van der Waals surface area contributed by atoms with Gasteiger partial charge >= 0.3 is 11.9 Å². The predicted octanol–water partition coefficient (Wildman–Crippen LogP) is 0.335. The number of aliphatic hydroxyl groups is 1. The first kappa shape index (κ1) is 20.0. The Kier molecular flexibility index (Phi) is 5.73. The molecule has 152 valence electrons. The fourth-order valence-corrected chi connectivity index (χ4v) is 4.44. The largest absolute Gasteiger partial charge is 0.465 e. The highest BCUT2D eigenvalue weighted by molar-refractivity contribution is 6.03. The Morgan fingerprint density at radius 1 is 1.19 bits per heavy atom. The van der Waals surface area contributed by atoms with Crippen molar-refractivity contribution in [3.8, 4) is 0 Å². The zero-order valence-corrected chi connectivity index (χ0v) is 15.8. The molecule has 0 aromatic rings. The van der Waals surface area contributed by atoms with Crippen molar-refractivity contribution in [1.82, 2.24) is 4.90 Å². The SMILES string of the molecule is CCOC(=O)[C@@H]1N(C2CCCCC2)C(=O)[C@]2(O)OCOC[C@@]12C(=O)OCC. The van der Waals surface area contributed by atoms with Crippen LogP contribution in [0.25, 0.3) is 0 Å². The molecule has 3 atom stereocenters. The van der Waals surface area contributed by atoms with Gasteiger partial charge in [-0.25, -0.2) is 4.79 Å². The lowest BCUT2D eigenvalue weighted by atomic mass is 9.75. The molecule has 2 saturated heterocycles. The number of nitrogens with zero attached hydrogens (tertiary/aromatic N) is 1. The number of carbonyl (C=O) groups is 3. The number of fused-ring (bicyclic) bond motifs is 1. The number of likely N-dealkylation sites (tertiary alicyclic amines) is 1. The van der Waals surface area contributed by atoms with E-state index < -0.39 is 35.1 Å². The molecule has 1 N–H and O–H groups in total. The summed E-state index contributed by atoms with van der Waals surface area (Å²) in [5.41, 5.74) is -2.03. The normalized spacial score (nSPS) is 34.3. The van der Waals surface area contributed by atoms with Gasteiger partial charge in [-0.3, -0.25) is 9.59 Å². The topological polar surface area (TPSA) is 112 Å². The van der Waals surface area contributed by atoms with Crippen LogP contribution in [-0.2, 0) is 33.3 Å². The summed E-state index contributed by atoms with van der Waals surface area (Å²) in [6.07, 6.45) is 4.18. The van der Waals surface area contributed by atoms with Crippen LogP contribution < -0.4 is 0 Å². The smallest absolute Gasteiger partial charge is 0.330 e. The Hall–Kier alpha value is -1.71. The number of hydrogen-bond donors (Lipinski definition) is 1. The molecule has 3 fully saturated rings. The maximum atomic E-state index is 13.3. The Morgan fingerprint density at radius 2 is 1.85 bits per heavy atom. The molecule has 0 aromatic carbocycles. The molecule has 0 spiro atoms. The molecular weight excluding hydrogens is 358 g/mol. The molecule has 2 heterocycles. The van der Waals surface area contributed by atoms with E-state index in [0.717, 1.165) is 19.3 Å². The maximum Gasteiger partial charge on any atom is 0.330 e. The van der Waals surface area contributed by atoms with Crippen molar-refractivity contribution < 1.29 is 38.4 Å². The zero-order chi connectivity index (χ0) is 19.7. The summed E-state index contributed by atoms with van der Waals surface area (Å²) in [4.78, 5) is 40.4. The number of hydrogen-bond acceptors (Lipinski definition) is 8. The molecule has 0 radical (unpaired) electrons. The summed E-state index contributed by atoms with van der Waals surface area (Å²) in [7, 11) is 0. The minimum absolute atomic E-state index is 0.0177. The maximum absolute atomic E-state index is 13.3. The molecule has 3 rings (SSSR count). The van der Waals surface area contributed by atoms with Crippen molar-refractivity contribution in [2.24, 2.45) is 5.41 Å². The molecule has 9 heteroatoms. The first-order chi connectivity index (χ1) is 12.9. The molecule has 27 heavy (non-hydrogen) atoms. The van der Waals surface area contributed by atoms with Crippen molar-refractivity contribution in [3.63, 3.8) is 0 Å². The highest BCUT2D eigenvalue weighted by Gasteiger charge is 2.79. The molecule has 3 aliphatic rings. The first-order valence-corrected chi connectivity index (χ1v) is 9.54. The Labute approximate surface area is 157 Å². The Morgan fingerprint density at radius 3 is 2.48 bits per heavy atom. The van der Waals surface area contributed by atoms with Crippen LogP contribution in [0.5, 0.6) is 0 Å². The summed E-state index contributed by atoms with van der Waals surface area (Å²) < 4.78 is 20.9. The molecular formula is C18H27NO8. The van der Waals surface area contributed by atoms with Crippen molar-refractivity contribution in [1.29, 1.82) is 0 Å². The van der Waals surface area contributed by atoms with E-state index in [0.29, 0.717) is 12.8 Å². The third-order valence-electron chi connectivity index (χ3n) is 5.67. The van der Waals surface area contributed by atoms with Crippen LogP contribution in [0.15, 0.2) is 0 Å². The van der Waals surface area contributed by atoms with Gasteiger partial charge in [0.25, 0.3) is 11.7 Å². The third-order valence-corrected chi connectivity index (χ3v) is 5.67. The van der Waals surface area contributed by atoms with Crippen molar-refractivity contribution in [3.05, 3.63) is 0 Å². The Balaban J connectivity index is 2.12. The average molecular weight is 385 g/mol. The molecule has 0 unspecified atom stereocenters. The number of esters is 2. The number of rotatable bonds is 5. The molecule has 0 bridgehead atoms. The summed E-state index contributed by atoms with van der Waals surface area (Å²) in [5, 5.41) is 11.2. The molecule has 0 aromatic heterocycles. The number of ether oxygens (including phenoxy) is 4. The summed E-state index contributed by atoms with van der Waals surface area (Å²) >= 11 is 0. The quantitative estimate of drug-likeness (QED) is 0.674. The van der Waals surface area contributed by atoms with Crippen LogP contribution in [0.1, 0.15) is 46.0 Å². The molecule has 1 aliphatic carbocycles. The Bertz CT molecular complexity index is 604. The summed E-state index contributed by atoms with van der Waals surface area (Å²) in [5.74, 6) is -5.00. The third kappa shape index (κ3) is 2.92. The summed E-state index contributed by atoms with van der Waals surface area (Å²) in [6, 6.07) is -1.65. The lowest BCUT2D eigenvalue weighted by Gasteiger charge is -2.42. The van der Waals surface area contributed by atoms with Gasteiger partial charge in [0, 0.05) is 6.04 Å². The van der Waals surface area contributed by atoms with Gasteiger partial charge in [-0.05, 0) is 26.7 Å². The van der Waals surface area contributed by atoms with Crippen LogP contribution in [0.4, 0.5) is 0 Å². The fourth-order valence-electron chi connectivity index (χ4n) is 4.44. The first-order valence-electron chi connectivity index (χ1n) is 9.54. The number of carbonyl (C=O) groups excluding carboxylic acids is 3.